The molecule has 1 saturated heterocycles. The molecule has 1 fully saturated rings. The summed E-state index contributed by atoms with van der Waals surface area (Å²) in [6.07, 6.45) is -0.580. The first-order valence-electron chi connectivity index (χ1n) is 7.31. The molecule has 140 valence electrons. The van der Waals surface area contributed by atoms with Crippen molar-refractivity contribution in [2.24, 2.45) is 5.92 Å². The second-order valence-corrected chi connectivity index (χ2v) is 5.49. The molecule has 0 saturated carbocycles. The highest BCUT2D eigenvalue weighted by atomic mass is 16.6. The zero-order chi connectivity index (χ0) is 19.4. The van der Waals surface area contributed by atoms with Gasteiger partial charge in [0.05, 0.1) is 6.10 Å². The summed E-state index contributed by atoms with van der Waals surface area (Å²) in [5, 5.41) is 23.8. The van der Waals surface area contributed by atoms with Gasteiger partial charge in [0.1, 0.15) is 6.10 Å². The van der Waals surface area contributed by atoms with E-state index < -0.39 is 24.0 Å². The highest BCUT2D eigenvalue weighted by Gasteiger charge is 2.36. The van der Waals surface area contributed by atoms with E-state index in [2.05, 4.69) is 0 Å². The van der Waals surface area contributed by atoms with Gasteiger partial charge in [0, 0.05) is 33.6 Å². The van der Waals surface area contributed by atoms with E-state index in [9.17, 15) is 9.59 Å². The number of aliphatic carboxylic acids is 3. The molecule has 0 radical (unpaired) electrons. The van der Waals surface area contributed by atoms with Crippen molar-refractivity contribution in [1.82, 2.24) is 0 Å². The maximum atomic E-state index is 10.9. The molecule has 9 heteroatoms. The van der Waals surface area contributed by atoms with Crippen LogP contribution in [0.25, 0.3) is 0 Å². The fourth-order valence-electron chi connectivity index (χ4n) is 1.84. The molecule has 9 nitrogen and oxygen atoms in total. The molecular weight excluding hydrogens is 324 g/mol. The molecule has 3 atom stereocenters. The van der Waals surface area contributed by atoms with Crippen LogP contribution in [0.3, 0.4) is 0 Å². The fraction of sp³-hybridized carbons (Fsp3) is 0.733. The van der Waals surface area contributed by atoms with E-state index >= 15 is 0 Å². The van der Waals surface area contributed by atoms with Gasteiger partial charge in [-0.05, 0) is 5.92 Å². The molecule has 0 aromatic rings. The van der Waals surface area contributed by atoms with E-state index in [-0.39, 0.29) is 30.5 Å². The SMILES string of the molecule is CC(=O)O.CC(=O)O.CC(=O)OC1CC(C(=O)O)OC(C(C)C)C1. The van der Waals surface area contributed by atoms with Gasteiger partial charge in [-0.15, -0.1) is 0 Å². The number of carboxylic acids is 3. The van der Waals surface area contributed by atoms with Gasteiger partial charge in [-0.25, -0.2) is 4.79 Å². The van der Waals surface area contributed by atoms with Crippen LogP contribution in [0.2, 0.25) is 0 Å². The Morgan fingerprint density at radius 3 is 1.67 bits per heavy atom. The zero-order valence-electron chi connectivity index (χ0n) is 14.5. The molecule has 0 spiro atoms. The average molecular weight is 350 g/mol. The van der Waals surface area contributed by atoms with Crippen molar-refractivity contribution in [3.05, 3.63) is 0 Å². The average Bonchev–Trinajstić information content (AvgIpc) is 2.35. The van der Waals surface area contributed by atoms with Crippen molar-refractivity contribution in [2.75, 3.05) is 0 Å². The Morgan fingerprint density at radius 1 is 0.958 bits per heavy atom. The van der Waals surface area contributed by atoms with E-state index in [4.69, 9.17) is 34.4 Å². The molecule has 1 aliphatic heterocycles. The normalized spacial score (nSPS) is 22.2. The van der Waals surface area contributed by atoms with Crippen LogP contribution < -0.4 is 0 Å². The van der Waals surface area contributed by atoms with Gasteiger partial charge < -0.3 is 24.8 Å². The highest BCUT2D eigenvalue weighted by molar-refractivity contribution is 5.72. The predicted molar refractivity (Wildman–Crippen MR) is 82.5 cm³/mol. The van der Waals surface area contributed by atoms with Gasteiger partial charge in [0.2, 0.25) is 0 Å². The van der Waals surface area contributed by atoms with Crippen molar-refractivity contribution in [2.45, 2.75) is 65.8 Å². The summed E-state index contributed by atoms with van der Waals surface area (Å²) >= 11 is 0. The Labute approximate surface area is 140 Å². The molecule has 3 N–H and O–H groups in total. The molecule has 1 rings (SSSR count). The van der Waals surface area contributed by atoms with Gasteiger partial charge >= 0.3 is 11.9 Å². The number of hydrogen-bond acceptors (Lipinski definition) is 6. The molecular formula is C15H26O9. The fourth-order valence-corrected chi connectivity index (χ4v) is 1.84. The summed E-state index contributed by atoms with van der Waals surface area (Å²) in [4.78, 5) is 39.7. The molecule has 0 aromatic carbocycles. The van der Waals surface area contributed by atoms with E-state index in [1.54, 1.807) is 0 Å². The van der Waals surface area contributed by atoms with Crippen molar-refractivity contribution in [3.63, 3.8) is 0 Å². The Morgan fingerprint density at radius 2 is 1.38 bits per heavy atom. The number of carboxylic acid groups (broad SMARTS) is 3. The van der Waals surface area contributed by atoms with Gasteiger partial charge in [-0.2, -0.15) is 0 Å². The van der Waals surface area contributed by atoms with E-state index in [1.807, 2.05) is 13.8 Å². The minimum absolute atomic E-state index is 0.167. The van der Waals surface area contributed by atoms with Crippen LogP contribution in [0.15, 0.2) is 0 Å². The number of esters is 1. The van der Waals surface area contributed by atoms with E-state index in [0.717, 1.165) is 13.8 Å². The van der Waals surface area contributed by atoms with Crippen LogP contribution in [0.4, 0.5) is 0 Å². The maximum absolute atomic E-state index is 10.9. The van der Waals surface area contributed by atoms with Crippen LogP contribution in [0.5, 0.6) is 0 Å². The summed E-state index contributed by atoms with van der Waals surface area (Å²) in [6, 6.07) is 0. The van der Waals surface area contributed by atoms with E-state index in [1.165, 1.54) is 6.92 Å². The number of carbonyl (C=O) groups is 4. The maximum Gasteiger partial charge on any atom is 0.332 e. The van der Waals surface area contributed by atoms with Crippen molar-refractivity contribution < 1.29 is 44.0 Å². The molecule has 0 aromatic heterocycles. The summed E-state index contributed by atoms with van der Waals surface area (Å²) in [5.41, 5.74) is 0. The molecule has 24 heavy (non-hydrogen) atoms. The lowest BCUT2D eigenvalue weighted by atomic mass is 9.94. The van der Waals surface area contributed by atoms with Crippen LogP contribution in [0, 0.1) is 5.92 Å². The third kappa shape index (κ3) is 14.8. The minimum Gasteiger partial charge on any atom is -0.481 e. The number of ether oxygens (including phenoxy) is 2. The lowest BCUT2D eigenvalue weighted by molar-refractivity contribution is -0.179. The Bertz CT molecular complexity index is 411. The Balaban J connectivity index is 0. The van der Waals surface area contributed by atoms with Crippen molar-refractivity contribution in [3.8, 4) is 0 Å². The highest BCUT2D eigenvalue weighted by Crippen LogP contribution is 2.26. The van der Waals surface area contributed by atoms with Gasteiger partial charge in [0.15, 0.2) is 6.10 Å². The second kappa shape index (κ2) is 12.3. The lowest BCUT2D eigenvalue weighted by Crippen LogP contribution is -2.43. The summed E-state index contributed by atoms with van der Waals surface area (Å²) in [6.45, 7) is 7.41. The predicted octanol–water partition coefficient (Wildman–Crippen LogP) is 1.39. The first kappa shape index (κ1) is 24.1. The molecule has 0 amide bonds. The monoisotopic (exact) mass is 350 g/mol. The number of hydrogen-bond donors (Lipinski definition) is 3. The topological polar surface area (TPSA) is 147 Å². The third-order valence-corrected chi connectivity index (χ3v) is 2.66. The Kier molecular flexibility index (Phi) is 12.3. The smallest absolute Gasteiger partial charge is 0.332 e. The second-order valence-electron chi connectivity index (χ2n) is 5.49. The summed E-state index contributed by atoms with van der Waals surface area (Å²) in [5.74, 6) is -2.83. The molecule has 0 aliphatic carbocycles. The van der Waals surface area contributed by atoms with Gasteiger partial charge in [-0.1, -0.05) is 13.8 Å². The standard InChI is InChI=1S/C11H18O5.2C2H4O2/c1-6(2)9-4-8(15-7(3)12)5-10(16-9)11(13)14;2*1-2(3)4/h6,8-10H,4-5H2,1-3H3,(H,13,14);2*1H3,(H,3,4). The summed E-state index contributed by atoms with van der Waals surface area (Å²) < 4.78 is 10.5. The largest absolute Gasteiger partial charge is 0.481 e. The first-order chi connectivity index (χ1) is 10.9. The van der Waals surface area contributed by atoms with Gasteiger partial charge in [-0.3, -0.25) is 14.4 Å². The molecule has 0 bridgehead atoms. The number of carbonyl (C=O) groups excluding carboxylic acids is 1. The van der Waals surface area contributed by atoms with Crippen molar-refractivity contribution in [1.29, 1.82) is 0 Å². The molecule has 1 aliphatic rings. The quantitative estimate of drug-likeness (QED) is 0.642. The molecule has 1 heterocycles. The zero-order valence-corrected chi connectivity index (χ0v) is 14.5. The van der Waals surface area contributed by atoms with E-state index in [0.29, 0.717) is 6.42 Å². The third-order valence-electron chi connectivity index (χ3n) is 2.66. The number of rotatable bonds is 3. The van der Waals surface area contributed by atoms with Crippen LogP contribution in [-0.2, 0) is 28.7 Å². The van der Waals surface area contributed by atoms with Crippen LogP contribution >= 0.6 is 0 Å². The molecule has 3 unspecified atom stereocenters. The minimum atomic E-state index is -0.998. The van der Waals surface area contributed by atoms with Crippen molar-refractivity contribution >= 4 is 23.9 Å². The summed E-state index contributed by atoms with van der Waals surface area (Å²) in [7, 11) is 0. The van der Waals surface area contributed by atoms with Crippen LogP contribution in [0.1, 0.15) is 47.5 Å². The van der Waals surface area contributed by atoms with Gasteiger partial charge in [0.25, 0.3) is 11.9 Å². The Hall–Kier alpha value is -2.16. The first-order valence-corrected chi connectivity index (χ1v) is 7.31. The lowest BCUT2D eigenvalue weighted by Gasteiger charge is -2.34. The van der Waals surface area contributed by atoms with Crippen LogP contribution in [-0.4, -0.2) is 57.5 Å².